The van der Waals surface area contributed by atoms with Gasteiger partial charge in [-0.2, -0.15) is 0 Å². The Hall–Kier alpha value is -2.82. The van der Waals surface area contributed by atoms with Crippen LogP contribution in [0.5, 0.6) is 5.75 Å². The Balaban J connectivity index is 1.97. The lowest BCUT2D eigenvalue weighted by atomic mass is 10.1. The molecule has 0 aliphatic carbocycles. The maximum Gasteiger partial charge on any atom is 0.271 e. The number of nitrogens with one attached hydrogen (secondary N) is 2. The number of para-hydroxylation sites is 2. The standard InChI is InChI=1S/C15H13N2O3/c16-15(19)12-8-4-5-9-13(12)17-14(18)10-20-11-6-2-1-3-7-11/h1-9,16H,10H2,(H,17,18). The second-order valence-electron chi connectivity index (χ2n) is 4.02. The highest BCUT2D eigenvalue weighted by atomic mass is 16.5. The minimum absolute atomic E-state index is 0.153. The molecule has 0 atom stereocenters. The van der Waals surface area contributed by atoms with E-state index in [0.717, 1.165) is 0 Å². The normalized spacial score (nSPS) is 9.80. The second kappa shape index (κ2) is 6.38. The average Bonchev–Trinajstić information content (AvgIpc) is 2.46. The van der Waals surface area contributed by atoms with Crippen molar-refractivity contribution in [3.05, 3.63) is 60.2 Å². The predicted molar refractivity (Wildman–Crippen MR) is 74.4 cm³/mol. The van der Waals surface area contributed by atoms with E-state index in [2.05, 4.69) is 5.32 Å². The van der Waals surface area contributed by atoms with E-state index >= 15 is 0 Å². The molecule has 0 bridgehead atoms. The molecular weight excluding hydrogens is 256 g/mol. The molecular formula is C15H13N2O3. The van der Waals surface area contributed by atoms with Gasteiger partial charge in [-0.1, -0.05) is 30.3 Å². The van der Waals surface area contributed by atoms with Crippen molar-refractivity contribution < 1.29 is 14.3 Å². The molecule has 20 heavy (non-hydrogen) atoms. The van der Waals surface area contributed by atoms with Crippen LogP contribution in [0.25, 0.3) is 0 Å². The summed E-state index contributed by atoms with van der Waals surface area (Å²) in [6, 6.07) is 15.3. The minimum atomic E-state index is -0.843. The zero-order chi connectivity index (χ0) is 14.4. The maximum atomic E-state index is 11.8. The first kappa shape index (κ1) is 13.6. The van der Waals surface area contributed by atoms with Crippen molar-refractivity contribution in [3.8, 4) is 5.75 Å². The lowest BCUT2D eigenvalue weighted by Gasteiger charge is -2.09. The molecule has 2 amide bonds. The van der Waals surface area contributed by atoms with E-state index in [1.54, 1.807) is 42.5 Å². The summed E-state index contributed by atoms with van der Waals surface area (Å²) in [7, 11) is 0. The number of rotatable bonds is 5. The molecule has 0 spiro atoms. The fourth-order valence-electron chi connectivity index (χ4n) is 1.64. The number of benzene rings is 2. The maximum absolute atomic E-state index is 11.8. The Morgan fingerprint density at radius 2 is 1.65 bits per heavy atom. The van der Waals surface area contributed by atoms with Gasteiger partial charge in [0.25, 0.3) is 11.8 Å². The van der Waals surface area contributed by atoms with Gasteiger partial charge in [0.15, 0.2) is 6.61 Å². The van der Waals surface area contributed by atoms with E-state index in [-0.39, 0.29) is 18.1 Å². The molecule has 0 heterocycles. The third-order valence-electron chi connectivity index (χ3n) is 2.56. The second-order valence-corrected chi connectivity index (χ2v) is 4.02. The van der Waals surface area contributed by atoms with Gasteiger partial charge in [-0.15, -0.1) is 0 Å². The number of amides is 2. The number of carbonyl (C=O) groups excluding carboxylic acids is 2. The third-order valence-corrected chi connectivity index (χ3v) is 2.56. The monoisotopic (exact) mass is 269 g/mol. The number of hydrogen-bond acceptors (Lipinski definition) is 3. The van der Waals surface area contributed by atoms with Crippen LogP contribution in [0.4, 0.5) is 5.69 Å². The lowest BCUT2D eigenvalue weighted by Crippen LogP contribution is -2.21. The third kappa shape index (κ3) is 3.58. The molecule has 2 aromatic carbocycles. The lowest BCUT2D eigenvalue weighted by molar-refractivity contribution is -0.118. The van der Waals surface area contributed by atoms with Gasteiger partial charge in [0, 0.05) is 0 Å². The van der Waals surface area contributed by atoms with E-state index in [4.69, 9.17) is 10.5 Å². The van der Waals surface area contributed by atoms with Crippen molar-refractivity contribution in [2.45, 2.75) is 0 Å². The minimum Gasteiger partial charge on any atom is -0.484 e. The van der Waals surface area contributed by atoms with Gasteiger partial charge in [0.05, 0.1) is 11.3 Å². The number of hydrogen-bond donors (Lipinski definition) is 1. The zero-order valence-corrected chi connectivity index (χ0v) is 10.6. The topological polar surface area (TPSA) is 79.2 Å². The molecule has 2 rings (SSSR count). The van der Waals surface area contributed by atoms with Crippen LogP contribution in [-0.4, -0.2) is 18.4 Å². The van der Waals surface area contributed by atoms with E-state index in [9.17, 15) is 9.59 Å². The molecule has 2 aromatic rings. The van der Waals surface area contributed by atoms with Crippen molar-refractivity contribution in [3.63, 3.8) is 0 Å². The highest BCUT2D eigenvalue weighted by Gasteiger charge is 2.11. The molecule has 1 radical (unpaired) electrons. The summed E-state index contributed by atoms with van der Waals surface area (Å²) in [5, 5.41) is 2.56. The van der Waals surface area contributed by atoms with E-state index in [1.807, 2.05) is 6.07 Å². The van der Waals surface area contributed by atoms with Crippen LogP contribution in [-0.2, 0) is 4.79 Å². The Morgan fingerprint density at radius 3 is 2.35 bits per heavy atom. The first-order valence-corrected chi connectivity index (χ1v) is 5.99. The van der Waals surface area contributed by atoms with E-state index < -0.39 is 5.91 Å². The van der Waals surface area contributed by atoms with Gasteiger partial charge < -0.3 is 10.1 Å². The molecule has 2 N–H and O–H groups in total. The predicted octanol–water partition coefficient (Wildman–Crippen LogP) is 2.13. The van der Waals surface area contributed by atoms with Crippen molar-refractivity contribution >= 4 is 17.5 Å². The van der Waals surface area contributed by atoms with Crippen molar-refractivity contribution in [1.82, 2.24) is 5.73 Å². The molecule has 0 aliphatic rings. The highest BCUT2D eigenvalue weighted by molar-refractivity contribution is 6.02. The summed E-state index contributed by atoms with van der Waals surface area (Å²) in [4.78, 5) is 22.9. The Morgan fingerprint density at radius 1 is 1.00 bits per heavy atom. The number of carbonyl (C=O) groups is 2. The molecule has 0 unspecified atom stereocenters. The first-order valence-electron chi connectivity index (χ1n) is 5.99. The van der Waals surface area contributed by atoms with Gasteiger partial charge in [-0.05, 0) is 24.3 Å². The van der Waals surface area contributed by atoms with Crippen molar-refractivity contribution in [1.29, 1.82) is 0 Å². The van der Waals surface area contributed by atoms with Crippen molar-refractivity contribution in [2.24, 2.45) is 0 Å². The summed E-state index contributed by atoms with van der Waals surface area (Å²) < 4.78 is 5.30. The molecule has 101 valence electrons. The summed E-state index contributed by atoms with van der Waals surface area (Å²) in [6.45, 7) is -0.162. The van der Waals surface area contributed by atoms with Gasteiger partial charge in [0.2, 0.25) is 0 Å². The molecule has 0 aromatic heterocycles. The summed E-state index contributed by atoms with van der Waals surface area (Å²) in [5.41, 5.74) is 7.59. The SMILES string of the molecule is [NH]C(=O)c1ccccc1NC(=O)COc1ccccc1. The van der Waals surface area contributed by atoms with Crippen LogP contribution in [0.3, 0.4) is 0 Å². The van der Waals surface area contributed by atoms with Crippen LogP contribution in [0, 0.1) is 0 Å². The van der Waals surface area contributed by atoms with Gasteiger partial charge in [0.1, 0.15) is 5.75 Å². The van der Waals surface area contributed by atoms with Crippen LogP contribution in [0.2, 0.25) is 0 Å². The molecule has 0 saturated carbocycles. The highest BCUT2D eigenvalue weighted by Crippen LogP contribution is 2.15. The Labute approximate surface area is 116 Å². The van der Waals surface area contributed by atoms with E-state index in [1.165, 1.54) is 6.07 Å². The number of anilines is 1. The molecule has 5 nitrogen and oxygen atoms in total. The molecule has 0 fully saturated rings. The van der Waals surface area contributed by atoms with Crippen molar-refractivity contribution in [2.75, 3.05) is 11.9 Å². The van der Waals surface area contributed by atoms with Gasteiger partial charge in [-0.25, -0.2) is 0 Å². The smallest absolute Gasteiger partial charge is 0.271 e. The van der Waals surface area contributed by atoms with Crippen LogP contribution in [0.1, 0.15) is 10.4 Å². The summed E-state index contributed by atoms with van der Waals surface area (Å²) in [5.74, 6) is -0.639. The van der Waals surface area contributed by atoms with Gasteiger partial charge >= 0.3 is 0 Å². The van der Waals surface area contributed by atoms with Crippen LogP contribution >= 0.6 is 0 Å². The van der Waals surface area contributed by atoms with E-state index in [0.29, 0.717) is 11.4 Å². The Bertz CT molecular complexity index is 612. The summed E-state index contributed by atoms with van der Waals surface area (Å²) in [6.07, 6.45) is 0. The Kier molecular flexibility index (Phi) is 4.34. The van der Waals surface area contributed by atoms with Gasteiger partial charge in [-0.3, -0.25) is 15.3 Å². The number of ether oxygens (including phenoxy) is 1. The van der Waals surface area contributed by atoms with Crippen LogP contribution < -0.4 is 15.8 Å². The fourth-order valence-corrected chi connectivity index (χ4v) is 1.64. The first-order chi connectivity index (χ1) is 9.66. The quantitative estimate of drug-likeness (QED) is 0.903. The molecule has 0 saturated heterocycles. The summed E-state index contributed by atoms with van der Waals surface area (Å²) >= 11 is 0. The largest absolute Gasteiger partial charge is 0.484 e. The zero-order valence-electron chi connectivity index (χ0n) is 10.6. The average molecular weight is 269 g/mol. The van der Waals surface area contributed by atoms with Crippen LogP contribution in [0.15, 0.2) is 54.6 Å². The molecule has 0 aliphatic heterocycles. The fraction of sp³-hybridized carbons (Fsp3) is 0.0667. The molecule has 5 heteroatoms.